The Morgan fingerprint density at radius 2 is 1.84 bits per heavy atom. The van der Waals surface area contributed by atoms with E-state index in [9.17, 15) is 18.0 Å². The number of likely N-dealkylation sites (tertiary alicyclic amines) is 1. The zero-order valence-corrected chi connectivity index (χ0v) is 17.4. The van der Waals surface area contributed by atoms with Crippen LogP contribution < -0.4 is 5.32 Å². The first-order valence-corrected chi connectivity index (χ1v) is 10.7. The number of nitrogens with one attached hydrogen (secondary N) is 1. The molecule has 1 spiro atoms. The number of amides is 1. The molecular formula is C25H27F3N2O. The molecule has 1 aliphatic carbocycles. The molecule has 31 heavy (non-hydrogen) atoms. The number of carbonyl (C=O) groups is 1. The second kappa shape index (κ2) is 8.87. The van der Waals surface area contributed by atoms with Crippen molar-refractivity contribution in [3.8, 4) is 0 Å². The maximum absolute atomic E-state index is 12.8. The molecule has 1 heterocycles. The first kappa shape index (κ1) is 21.6. The van der Waals surface area contributed by atoms with E-state index in [4.69, 9.17) is 0 Å². The first-order chi connectivity index (χ1) is 14.9. The van der Waals surface area contributed by atoms with Gasteiger partial charge in [-0.3, -0.25) is 9.69 Å². The number of halogens is 3. The molecule has 0 aromatic heterocycles. The highest BCUT2D eigenvalue weighted by atomic mass is 19.4. The number of hydrogen-bond donors (Lipinski definition) is 1. The van der Waals surface area contributed by atoms with Crippen LogP contribution in [0.15, 0.2) is 60.7 Å². The molecule has 1 atom stereocenters. The van der Waals surface area contributed by atoms with Gasteiger partial charge in [0.2, 0.25) is 5.91 Å². The van der Waals surface area contributed by atoms with Crippen LogP contribution in [-0.4, -0.2) is 30.4 Å². The van der Waals surface area contributed by atoms with Crippen LogP contribution in [0.1, 0.15) is 36.0 Å². The smallest absolute Gasteiger partial charge is 0.352 e. The Balaban J connectivity index is 1.22. The van der Waals surface area contributed by atoms with E-state index in [-0.39, 0.29) is 23.8 Å². The summed E-state index contributed by atoms with van der Waals surface area (Å²) in [5.74, 6) is -0.0462. The second-order valence-corrected chi connectivity index (χ2v) is 8.65. The summed E-state index contributed by atoms with van der Waals surface area (Å²) in [4.78, 5) is 15.0. The summed E-state index contributed by atoms with van der Waals surface area (Å²) in [6.07, 6.45) is 2.81. The van der Waals surface area contributed by atoms with E-state index in [2.05, 4.69) is 34.5 Å². The lowest BCUT2D eigenvalue weighted by atomic mass is 9.90. The first-order valence-electron chi connectivity index (χ1n) is 10.7. The van der Waals surface area contributed by atoms with Gasteiger partial charge in [-0.2, -0.15) is 13.2 Å². The standard InChI is InChI=1S/C25H27F3N2O/c26-25(27,28)21-10-4-8-20(16-21)18-29-23(31)22-17-24(22)11-14-30(15-12-24)13-5-9-19-6-2-1-3-7-19/h1-10,16,22H,11-15,17-18H2,(H,29,31)/b9-5+. The van der Waals surface area contributed by atoms with Crippen molar-refractivity contribution in [2.24, 2.45) is 11.3 Å². The molecule has 4 rings (SSSR count). The Morgan fingerprint density at radius 3 is 2.55 bits per heavy atom. The third-order valence-electron chi connectivity index (χ3n) is 6.55. The van der Waals surface area contributed by atoms with Crippen molar-refractivity contribution >= 4 is 12.0 Å². The van der Waals surface area contributed by atoms with Crippen molar-refractivity contribution in [3.63, 3.8) is 0 Å². The molecule has 6 heteroatoms. The zero-order valence-electron chi connectivity index (χ0n) is 17.4. The van der Waals surface area contributed by atoms with Crippen LogP contribution in [0, 0.1) is 11.3 Å². The third kappa shape index (κ3) is 5.37. The minimum atomic E-state index is -4.37. The van der Waals surface area contributed by atoms with E-state index in [0.29, 0.717) is 5.56 Å². The number of hydrogen-bond acceptors (Lipinski definition) is 2. The number of carbonyl (C=O) groups excluding carboxylic acids is 1. The zero-order chi connectivity index (χ0) is 21.9. The Kier molecular flexibility index (Phi) is 6.19. The van der Waals surface area contributed by atoms with E-state index in [0.717, 1.165) is 51.0 Å². The van der Waals surface area contributed by atoms with Crippen LogP contribution in [0.25, 0.3) is 6.08 Å². The highest BCUT2D eigenvalue weighted by molar-refractivity contribution is 5.82. The minimum Gasteiger partial charge on any atom is -0.352 e. The lowest BCUT2D eigenvalue weighted by Crippen LogP contribution is -2.37. The SMILES string of the molecule is O=C(NCc1cccc(C(F)(F)F)c1)C1CC12CCN(C/C=C/c1ccccc1)CC2. The minimum absolute atomic E-state index is 0.0136. The monoisotopic (exact) mass is 428 g/mol. The summed E-state index contributed by atoms with van der Waals surface area (Å²) in [6, 6.07) is 15.3. The summed E-state index contributed by atoms with van der Waals surface area (Å²) in [6.45, 7) is 2.97. The van der Waals surface area contributed by atoms with Gasteiger partial charge in [-0.25, -0.2) is 0 Å². The van der Waals surface area contributed by atoms with Gasteiger partial charge in [-0.1, -0.05) is 54.6 Å². The fourth-order valence-electron chi connectivity index (χ4n) is 4.52. The van der Waals surface area contributed by atoms with Crippen LogP contribution in [0.4, 0.5) is 13.2 Å². The number of piperidine rings is 1. The molecule has 2 aromatic carbocycles. The Labute approximate surface area is 180 Å². The number of nitrogens with zero attached hydrogens (tertiary/aromatic N) is 1. The molecule has 1 saturated carbocycles. The Hall–Kier alpha value is -2.60. The van der Waals surface area contributed by atoms with Crippen LogP contribution in [0.2, 0.25) is 0 Å². The maximum Gasteiger partial charge on any atom is 0.416 e. The number of rotatable bonds is 6. The predicted octanol–water partition coefficient (Wildman–Crippen LogP) is 5.14. The highest BCUT2D eigenvalue weighted by Gasteiger charge is 2.58. The maximum atomic E-state index is 12.8. The summed E-state index contributed by atoms with van der Waals surface area (Å²) < 4.78 is 38.5. The van der Waals surface area contributed by atoms with Gasteiger partial charge in [0.25, 0.3) is 0 Å². The normalized spacial score (nSPS) is 20.8. The third-order valence-corrected chi connectivity index (χ3v) is 6.55. The average molecular weight is 428 g/mol. The van der Waals surface area contributed by atoms with Crippen LogP contribution in [0.3, 0.4) is 0 Å². The van der Waals surface area contributed by atoms with Gasteiger partial charge in [-0.15, -0.1) is 0 Å². The van der Waals surface area contributed by atoms with Crippen LogP contribution >= 0.6 is 0 Å². The summed E-state index contributed by atoms with van der Waals surface area (Å²) in [5.41, 5.74) is 1.06. The molecule has 3 nitrogen and oxygen atoms in total. The van der Waals surface area contributed by atoms with Crippen LogP contribution in [0.5, 0.6) is 0 Å². The Morgan fingerprint density at radius 1 is 1.10 bits per heavy atom. The van der Waals surface area contributed by atoms with Crippen molar-refractivity contribution in [1.82, 2.24) is 10.2 Å². The lowest BCUT2D eigenvalue weighted by Gasteiger charge is -2.32. The fraction of sp³-hybridized carbons (Fsp3) is 0.400. The van der Waals surface area contributed by atoms with Crippen molar-refractivity contribution in [2.45, 2.75) is 32.0 Å². The van der Waals surface area contributed by atoms with Gasteiger partial charge in [0.15, 0.2) is 0 Å². The van der Waals surface area contributed by atoms with Crippen LogP contribution in [-0.2, 0) is 17.5 Å². The van der Waals surface area contributed by atoms with Gasteiger partial charge in [0, 0.05) is 19.0 Å². The number of benzene rings is 2. The van der Waals surface area contributed by atoms with E-state index < -0.39 is 11.7 Å². The van der Waals surface area contributed by atoms with Gasteiger partial charge >= 0.3 is 6.18 Å². The van der Waals surface area contributed by atoms with Crippen molar-refractivity contribution in [3.05, 3.63) is 77.4 Å². The topological polar surface area (TPSA) is 32.3 Å². The lowest BCUT2D eigenvalue weighted by molar-refractivity contribution is -0.137. The molecule has 1 N–H and O–H groups in total. The Bertz CT molecular complexity index is 931. The molecule has 1 unspecified atom stereocenters. The van der Waals surface area contributed by atoms with Crippen molar-refractivity contribution in [1.29, 1.82) is 0 Å². The van der Waals surface area contributed by atoms with Gasteiger partial charge < -0.3 is 5.32 Å². The van der Waals surface area contributed by atoms with E-state index in [1.54, 1.807) is 6.07 Å². The average Bonchev–Trinajstić information content (AvgIpc) is 3.47. The van der Waals surface area contributed by atoms with Gasteiger partial charge in [-0.05, 0) is 61.0 Å². The molecule has 0 radical (unpaired) electrons. The molecule has 2 aliphatic rings. The molecule has 164 valence electrons. The van der Waals surface area contributed by atoms with E-state index >= 15 is 0 Å². The molecule has 2 aromatic rings. The molecular weight excluding hydrogens is 401 g/mol. The quantitative estimate of drug-likeness (QED) is 0.691. The van der Waals surface area contributed by atoms with Gasteiger partial charge in [0.05, 0.1) is 5.56 Å². The van der Waals surface area contributed by atoms with E-state index in [1.807, 2.05) is 18.2 Å². The molecule has 2 fully saturated rings. The largest absolute Gasteiger partial charge is 0.416 e. The second-order valence-electron chi connectivity index (χ2n) is 8.65. The van der Waals surface area contributed by atoms with Gasteiger partial charge in [0.1, 0.15) is 0 Å². The predicted molar refractivity (Wildman–Crippen MR) is 115 cm³/mol. The summed E-state index contributed by atoms with van der Waals surface area (Å²) >= 11 is 0. The van der Waals surface area contributed by atoms with E-state index in [1.165, 1.54) is 11.6 Å². The molecule has 1 saturated heterocycles. The summed E-state index contributed by atoms with van der Waals surface area (Å²) in [5, 5.41) is 2.84. The highest BCUT2D eigenvalue weighted by Crippen LogP contribution is 2.59. The fourth-order valence-corrected chi connectivity index (χ4v) is 4.52. The summed E-state index contributed by atoms with van der Waals surface area (Å²) in [7, 11) is 0. The molecule has 1 amide bonds. The number of alkyl halides is 3. The molecule has 1 aliphatic heterocycles. The van der Waals surface area contributed by atoms with Crippen molar-refractivity contribution < 1.29 is 18.0 Å². The molecule has 0 bridgehead atoms. The van der Waals surface area contributed by atoms with Crippen molar-refractivity contribution in [2.75, 3.05) is 19.6 Å².